The van der Waals surface area contributed by atoms with Gasteiger partial charge >= 0.3 is 7.12 Å². The number of benzene rings is 2. The van der Waals surface area contributed by atoms with Crippen LogP contribution in [0.1, 0.15) is 50.7 Å². The summed E-state index contributed by atoms with van der Waals surface area (Å²) in [6, 6.07) is 18.6. The highest BCUT2D eigenvalue weighted by atomic mass is 79.9. The Balaban J connectivity index is 1.29. The highest BCUT2D eigenvalue weighted by Crippen LogP contribution is 2.66. The third-order valence-electron chi connectivity index (χ3n) is 8.57. The molecule has 2 aromatic rings. The van der Waals surface area contributed by atoms with Gasteiger partial charge in [-0.15, -0.1) is 0 Å². The van der Waals surface area contributed by atoms with Gasteiger partial charge in [0.15, 0.2) is 0 Å². The number of hydrogen-bond donors (Lipinski definition) is 0. The van der Waals surface area contributed by atoms with E-state index >= 15 is 0 Å². The molecule has 6 rings (SSSR count). The van der Waals surface area contributed by atoms with E-state index in [1.807, 2.05) is 24.3 Å². The summed E-state index contributed by atoms with van der Waals surface area (Å²) in [5, 5.41) is 0. The molecule has 176 valence electrons. The molecule has 1 saturated heterocycles. The van der Waals surface area contributed by atoms with Gasteiger partial charge in [0.25, 0.3) is 0 Å². The molecule has 3 aliphatic carbocycles. The maximum Gasteiger partial charge on any atom is 0.473 e. The Labute approximate surface area is 206 Å². The average Bonchev–Trinajstić information content (AvgIpc) is 3.19. The zero-order valence-electron chi connectivity index (χ0n) is 20.0. The van der Waals surface area contributed by atoms with Crippen LogP contribution in [0.5, 0.6) is 5.75 Å². The zero-order valence-corrected chi connectivity index (χ0v) is 21.6. The molecule has 4 nitrogen and oxygen atoms in total. The van der Waals surface area contributed by atoms with Gasteiger partial charge in [0.05, 0.1) is 36.8 Å². The Bertz CT molecular complexity index is 952. The molecule has 2 aromatic carbocycles. The van der Waals surface area contributed by atoms with Crippen molar-refractivity contribution in [1.82, 2.24) is 0 Å². The maximum atomic E-state index is 6.75. The molecular formula is C27H34BBrO4. The van der Waals surface area contributed by atoms with Crippen molar-refractivity contribution in [2.75, 3.05) is 13.7 Å². The second-order valence-electron chi connectivity index (χ2n) is 10.7. The average molecular weight is 513 g/mol. The van der Waals surface area contributed by atoms with Crippen molar-refractivity contribution in [1.29, 1.82) is 0 Å². The Morgan fingerprint density at radius 2 is 1.79 bits per heavy atom. The molecule has 4 fully saturated rings. The molecule has 1 heterocycles. The normalized spacial score (nSPS) is 31.4. The number of halogens is 1. The van der Waals surface area contributed by atoms with Crippen molar-refractivity contribution in [3.8, 4) is 5.75 Å². The molecule has 0 unspecified atom stereocenters. The zero-order chi connectivity index (χ0) is 23.2. The molecular weight excluding hydrogens is 479 g/mol. The van der Waals surface area contributed by atoms with Gasteiger partial charge in [-0.3, -0.25) is 0 Å². The predicted molar refractivity (Wildman–Crippen MR) is 135 cm³/mol. The monoisotopic (exact) mass is 512 g/mol. The Morgan fingerprint density at radius 1 is 1.06 bits per heavy atom. The van der Waals surface area contributed by atoms with Crippen LogP contribution in [0.4, 0.5) is 0 Å². The molecule has 0 aromatic heterocycles. The van der Waals surface area contributed by atoms with Crippen LogP contribution >= 0.6 is 15.9 Å². The van der Waals surface area contributed by atoms with Crippen molar-refractivity contribution in [2.45, 2.75) is 62.6 Å². The lowest BCUT2D eigenvalue weighted by molar-refractivity contribution is -0.199. The van der Waals surface area contributed by atoms with E-state index < -0.39 is 0 Å². The summed E-state index contributed by atoms with van der Waals surface area (Å²) >= 11 is 3.99. The van der Waals surface area contributed by atoms with Crippen molar-refractivity contribution < 1.29 is 18.8 Å². The van der Waals surface area contributed by atoms with Gasteiger partial charge < -0.3 is 18.8 Å². The first-order chi connectivity index (χ1) is 15.8. The maximum absolute atomic E-state index is 6.75. The first-order valence-corrected chi connectivity index (χ1v) is 13.0. The van der Waals surface area contributed by atoms with Crippen LogP contribution < -0.4 is 4.74 Å². The fourth-order valence-electron chi connectivity index (χ4n) is 6.32. The van der Waals surface area contributed by atoms with Gasteiger partial charge in [0, 0.05) is 5.92 Å². The molecule has 2 bridgehead atoms. The lowest BCUT2D eigenvalue weighted by Crippen LogP contribution is -2.65. The van der Waals surface area contributed by atoms with E-state index in [4.69, 9.17) is 18.8 Å². The molecule has 0 amide bonds. The van der Waals surface area contributed by atoms with E-state index in [2.05, 4.69) is 67.0 Å². The lowest BCUT2D eigenvalue weighted by Gasteiger charge is -2.64. The number of methoxy groups -OCH3 is 1. The number of hydrogen-bond acceptors (Lipinski definition) is 4. The highest BCUT2D eigenvalue weighted by Gasteiger charge is 2.68. The van der Waals surface area contributed by atoms with E-state index in [1.165, 1.54) is 12.0 Å². The van der Waals surface area contributed by atoms with Crippen LogP contribution in [-0.4, -0.2) is 37.3 Å². The van der Waals surface area contributed by atoms with Gasteiger partial charge in [0.2, 0.25) is 0 Å². The standard InChI is InChI=1S/C27H34BBrO4/c1-26(2)20-14-23(26)27(3)24(15-20)32-28(33-27)25(29)22(19-8-6-5-7-9-19)17-31-16-18-10-12-21(30-4)13-11-18/h5-13,20,22-25H,14-17H2,1-4H3/t20-,22+,23-,24+,25+,27-/m0/s1. The first kappa shape index (κ1) is 23.4. The molecule has 0 spiro atoms. The summed E-state index contributed by atoms with van der Waals surface area (Å²) in [6.45, 7) is 8.20. The van der Waals surface area contributed by atoms with Crippen molar-refractivity contribution in [2.24, 2.45) is 17.3 Å². The highest BCUT2D eigenvalue weighted by molar-refractivity contribution is 9.10. The third kappa shape index (κ3) is 4.18. The summed E-state index contributed by atoms with van der Waals surface area (Å²) in [4.78, 5) is 0. The predicted octanol–water partition coefficient (Wildman–Crippen LogP) is 6.03. The molecule has 6 atom stereocenters. The van der Waals surface area contributed by atoms with E-state index in [1.54, 1.807) is 7.11 Å². The molecule has 33 heavy (non-hydrogen) atoms. The summed E-state index contributed by atoms with van der Waals surface area (Å²) in [7, 11) is 1.39. The van der Waals surface area contributed by atoms with Crippen LogP contribution in [0.2, 0.25) is 0 Å². The largest absolute Gasteiger partial charge is 0.497 e. The fraction of sp³-hybridized carbons (Fsp3) is 0.556. The number of alkyl halides is 1. The van der Waals surface area contributed by atoms with E-state index in [-0.39, 0.29) is 29.5 Å². The van der Waals surface area contributed by atoms with Crippen molar-refractivity contribution in [3.63, 3.8) is 0 Å². The van der Waals surface area contributed by atoms with E-state index in [9.17, 15) is 0 Å². The van der Waals surface area contributed by atoms with Crippen LogP contribution in [-0.2, 0) is 20.7 Å². The molecule has 3 saturated carbocycles. The number of rotatable bonds is 8. The number of ether oxygens (including phenoxy) is 2. The molecule has 1 aliphatic heterocycles. The third-order valence-corrected chi connectivity index (χ3v) is 9.64. The van der Waals surface area contributed by atoms with Crippen molar-refractivity contribution in [3.05, 3.63) is 65.7 Å². The van der Waals surface area contributed by atoms with Crippen LogP contribution in [0.25, 0.3) is 0 Å². The van der Waals surface area contributed by atoms with E-state index in [0.717, 1.165) is 23.7 Å². The second kappa shape index (κ2) is 9.03. The lowest BCUT2D eigenvalue weighted by atomic mass is 9.43. The molecule has 0 N–H and O–H groups in total. The van der Waals surface area contributed by atoms with Gasteiger partial charge in [-0.1, -0.05) is 72.2 Å². The minimum absolute atomic E-state index is 0.00138. The second-order valence-corrected chi connectivity index (χ2v) is 11.7. The summed E-state index contributed by atoms with van der Waals surface area (Å²) in [5.74, 6) is 2.27. The fourth-order valence-corrected chi connectivity index (χ4v) is 7.01. The van der Waals surface area contributed by atoms with Crippen LogP contribution in [0.3, 0.4) is 0 Å². The van der Waals surface area contributed by atoms with Crippen molar-refractivity contribution >= 4 is 23.0 Å². The van der Waals surface area contributed by atoms with E-state index in [0.29, 0.717) is 24.5 Å². The minimum Gasteiger partial charge on any atom is -0.497 e. The first-order valence-electron chi connectivity index (χ1n) is 12.1. The molecule has 4 aliphatic rings. The summed E-state index contributed by atoms with van der Waals surface area (Å²) < 4.78 is 24.8. The topological polar surface area (TPSA) is 36.9 Å². The van der Waals surface area contributed by atoms with Gasteiger partial charge in [-0.05, 0) is 60.3 Å². The minimum atomic E-state index is -0.287. The smallest absolute Gasteiger partial charge is 0.473 e. The van der Waals surface area contributed by atoms with Gasteiger partial charge in [0.1, 0.15) is 5.75 Å². The van der Waals surface area contributed by atoms with Crippen LogP contribution in [0.15, 0.2) is 54.6 Å². The molecule has 6 heteroatoms. The summed E-state index contributed by atoms with van der Waals surface area (Å²) in [5.41, 5.74) is 2.49. The van der Waals surface area contributed by atoms with Gasteiger partial charge in [-0.2, -0.15) is 0 Å². The quantitative estimate of drug-likeness (QED) is 0.320. The Kier molecular flexibility index (Phi) is 6.41. The Morgan fingerprint density at radius 3 is 2.45 bits per heavy atom. The SMILES string of the molecule is COc1ccc(COC[C@H](c2ccccc2)[C@@H](Br)B2O[C@@H]3C[C@@H]4C[C@@H](C4(C)C)[C@]3(C)O2)cc1. The summed E-state index contributed by atoms with van der Waals surface area (Å²) in [6.07, 6.45) is 2.53. The van der Waals surface area contributed by atoms with Gasteiger partial charge in [-0.25, -0.2) is 0 Å². The van der Waals surface area contributed by atoms with Crippen LogP contribution in [0, 0.1) is 17.3 Å². The Hall–Kier alpha value is -1.34. The molecule has 0 radical (unpaired) electrons.